The quantitative estimate of drug-likeness (QED) is 0.0578. The number of hydrogen-bond acceptors (Lipinski definition) is 0. The van der Waals surface area contributed by atoms with Crippen molar-refractivity contribution in [1.29, 1.82) is 0 Å². The molecule has 0 heterocycles. The Morgan fingerprint density at radius 2 is 0.269 bits per heavy atom. The van der Waals surface area contributed by atoms with E-state index >= 15 is 0 Å². The van der Waals surface area contributed by atoms with Gasteiger partial charge in [-0.1, -0.05) is 515 Å². The van der Waals surface area contributed by atoms with Gasteiger partial charge in [0.25, 0.3) is 0 Å². The average molecular weight is 1490 g/mol. The van der Waals surface area contributed by atoms with E-state index in [1.165, 1.54) is 173 Å². The minimum atomic E-state index is 0.455. The maximum atomic E-state index is 2.46. The molecule has 0 spiro atoms. The first-order valence-electron chi connectivity index (χ1n) is 48.5. The van der Waals surface area contributed by atoms with Gasteiger partial charge in [0.15, 0.2) is 0 Å². The Morgan fingerprint density at radius 1 is 0.163 bits per heavy atom. The van der Waals surface area contributed by atoms with Crippen molar-refractivity contribution >= 4 is 0 Å². The molecule has 0 aliphatic rings. The predicted molar refractivity (Wildman–Crippen MR) is 506 cm³/mol. The maximum absolute atomic E-state index is 2.46. The molecular formula is C104H234. The van der Waals surface area contributed by atoms with Crippen LogP contribution in [-0.2, 0) is 0 Å². The van der Waals surface area contributed by atoms with Crippen molar-refractivity contribution in [3.63, 3.8) is 0 Å². The normalized spacial score (nSPS) is 13.5. The van der Waals surface area contributed by atoms with Crippen LogP contribution in [0, 0.1) is 134 Å². The van der Waals surface area contributed by atoms with Crippen LogP contribution >= 0.6 is 0 Å². The first kappa shape index (κ1) is 133. The van der Waals surface area contributed by atoms with Crippen LogP contribution in [0.25, 0.3) is 0 Å². The molecule has 0 heteroatoms. The zero-order valence-corrected chi connectivity index (χ0v) is 86.0. The summed E-state index contributed by atoms with van der Waals surface area (Å²) in [7, 11) is 0. The fourth-order valence-electron chi connectivity index (χ4n) is 15.3. The van der Waals surface area contributed by atoms with E-state index in [9.17, 15) is 0 Å². The summed E-state index contributed by atoms with van der Waals surface area (Å²) in [6, 6.07) is 0. The summed E-state index contributed by atoms with van der Waals surface area (Å²) in [5.74, 6) is 16.3. The van der Waals surface area contributed by atoms with Gasteiger partial charge in [0.1, 0.15) is 0 Å². The minimum absolute atomic E-state index is 0.455. The summed E-state index contributed by atoms with van der Waals surface area (Å²) in [4.78, 5) is 0. The SMILES string of the molecule is CC.CC.CC.CC.CC.CC.CCC.CCC.CCC(CC)C(CC(C)C(C)(C)C)C(CC)CC.CCC(CC)C(CC(C)C(C)(C)C)C(CC)CC.CCC(CC)C(CC(C)C(C)(C)C)C(CC)CC.CCCC(CC(C)C(C)(C)C)C(CC)CC.CCCC(CC(C)C(C)(C)C)C(CC)CC. The maximum Gasteiger partial charge on any atom is -0.0355 e. The molecule has 0 rings (SSSR count). The van der Waals surface area contributed by atoms with E-state index in [1.807, 2.05) is 83.1 Å². The highest BCUT2D eigenvalue weighted by molar-refractivity contribution is 4.85. The third kappa shape index (κ3) is 72.3. The lowest BCUT2D eigenvalue weighted by molar-refractivity contribution is 0.124. The number of hydrogen-bond donors (Lipinski definition) is 0. The molecule has 0 aromatic heterocycles. The van der Waals surface area contributed by atoms with E-state index in [0.29, 0.717) is 27.1 Å². The first-order valence-corrected chi connectivity index (χ1v) is 48.5. The first-order chi connectivity index (χ1) is 48.5. The Balaban J connectivity index is -0.0000000854. The van der Waals surface area contributed by atoms with Gasteiger partial charge >= 0.3 is 0 Å². The molecule has 650 valence electrons. The van der Waals surface area contributed by atoms with Gasteiger partial charge < -0.3 is 0 Å². The Labute approximate surface area is 676 Å². The smallest absolute Gasteiger partial charge is 0.0355 e. The largest absolute Gasteiger partial charge is 0.0683 e. The monoisotopic (exact) mass is 1480 g/mol. The third-order valence-corrected chi connectivity index (χ3v) is 25.3. The van der Waals surface area contributed by atoms with E-state index in [0.717, 1.165) is 107 Å². The molecule has 0 aromatic carbocycles. The van der Waals surface area contributed by atoms with Crippen LogP contribution in [0.15, 0.2) is 0 Å². The Kier molecular flexibility index (Phi) is 111. The van der Waals surface area contributed by atoms with Gasteiger partial charge in [-0.25, -0.2) is 0 Å². The van der Waals surface area contributed by atoms with Gasteiger partial charge in [-0.3, -0.25) is 0 Å². The molecule has 0 aromatic rings. The molecule has 7 unspecified atom stereocenters. The van der Waals surface area contributed by atoms with Gasteiger partial charge in [-0.15, -0.1) is 0 Å². The van der Waals surface area contributed by atoms with Gasteiger partial charge in [0, 0.05) is 0 Å². The molecular weight excluding hydrogens is 1250 g/mol. The van der Waals surface area contributed by atoms with E-state index in [2.05, 4.69) is 291 Å². The molecule has 0 amide bonds. The van der Waals surface area contributed by atoms with Crippen molar-refractivity contribution in [3.05, 3.63) is 0 Å². The molecule has 0 fully saturated rings. The Hall–Kier alpha value is 0. The third-order valence-electron chi connectivity index (χ3n) is 25.3. The van der Waals surface area contributed by atoms with E-state index < -0.39 is 0 Å². The molecule has 0 N–H and O–H groups in total. The van der Waals surface area contributed by atoms with E-state index in [-0.39, 0.29) is 0 Å². The van der Waals surface area contributed by atoms with Crippen molar-refractivity contribution < 1.29 is 0 Å². The molecule has 0 saturated heterocycles. The highest BCUT2D eigenvalue weighted by Gasteiger charge is 2.35. The summed E-state index contributed by atoms with van der Waals surface area (Å²) in [6.45, 7) is 123. The molecule has 0 saturated carbocycles. The van der Waals surface area contributed by atoms with Crippen molar-refractivity contribution in [2.75, 3.05) is 0 Å². The Bertz CT molecular complexity index is 1240. The molecule has 0 radical (unpaired) electrons. The van der Waals surface area contributed by atoms with Crippen LogP contribution in [0.1, 0.15) is 547 Å². The molecule has 0 aliphatic heterocycles. The van der Waals surface area contributed by atoms with Crippen molar-refractivity contribution in [2.45, 2.75) is 547 Å². The Morgan fingerprint density at radius 3 is 0.356 bits per heavy atom. The minimum Gasteiger partial charge on any atom is -0.0683 e. The molecule has 7 atom stereocenters. The zero-order valence-electron chi connectivity index (χ0n) is 86.0. The summed E-state index contributed by atoms with van der Waals surface area (Å²) >= 11 is 0. The predicted octanol–water partition coefficient (Wildman–Crippen LogP) is 40.5. The average Bonchev–Trinajstić information content (AvgIpc) is 0.853. The molecule has 0 bridgehead atoms. The second-order valence-corrected chi connectivity index (χ2v) is 36.6. The topological polar surface area (TPSA) is 0 Å². The number of rotatable bonds is 38. The van der Waals surface area contributed by atoms with Crippen molar-refractivity contribution in [2.24, 2.45) is 134 Å². The van der Waals surface area contributed by atoms with Gasteiger partial charge in [-0.05, 0) is 166 Å². The van der Waals surface area contributed by atoms with Crippen LogP contribution < -0.4 is 0 Å². The van der Waals surface area contributed by atoms with Gasteiger partial charge in [0.05, 0.1) is 0 Å². The highest BCUT2D eigenvalue weighted by Crippen LogP contribution is 2.44. The zero-order chi connectivity index (χ0) is 86.0. The van der Waals surface area contributed by atoms with Crippen LogP contribution in [0.3, 0.4) is 0 Å². The van der Waals surface area contributed by atoms with Crippen LogP contribution in [0.5, 0.6) is 0 Å². The van der Waals surface area contributed by atoms with Crippen LogP contribution in [0.2, 0.25) is 0 Å². The summed E-state index contributed by atoms with van der Waals surface area (Å²) in [5.41, 5.74) is 2.30. The summed E-state index contributed by atoms with van der Waals surface area (Å²) < 4.78 is 0. The highest BCUT2D eigenvalue weighted by atomic mass is 14.4. The lowest BCUT2D eigenvalue weighted by atomic mass is 9.68. The van der Waals surface area contributed by atoms with Crippen LogP contribution in [-0.4, -0.2) is 0 Å². The molecule has 0 aliphatic carbocycles. The summed E-state index contributed by atoms with van der Waals surface area (Å²) in [6.07, 6.45) is 36.8. The van der Waals surface area contributed by atoms with E-state index in [1.54, 1.807) is 0 Å². The van der Waals surface area contributed by atoms with Crippen molar-refractivity contribution in [1.82, 2.24) is 0 Å². The fourth-order valence-corrected chi connectivity index (χ4v) is 15.3. The summed E-state index contributed by atoms with van der Waals surface area (Å²) in [5, 5.41) is 0. The molecule has 0 nitrogen and oxygen atoms in total. The standard InChI is InChI=1S/3C18H38.2C16H34.2C3H8.6C2H6/c3*1-9-15(10-2)17(16(11-3)12-4)13-14(5)18(6,7)8;2*1-8-11-15(14(9-2)10-3)12-13(4)16(5,6)7;2*1-3-2;6*1-2/h3*14-17H,9-13H2,1-8H3;2*13-15H,8-12H2,1-7H3;2*3H2,1-2H3;6*1-2H3. The van der Waals surface area contributed by atoms with Crippen molar-refractivity contribution in [3.8, 4) is 0 Å². The van der Waals surface area contributed by atoms with E-state index in [4.69, 9.17) is 0 Å². The van der Waals surface area contributed by atoms with Gasteiger partial charge in [-0.2, -0.15) is 0 Å². The lowest BCUT2D eigenvalue weighted by Crippen LogP contribution is -2.28. The fraction of sp³-hybridized carbons (Fsp3) is 1.00. The second kappa shape index (κ2) is 87.0. The molecule has 104 heavy (non-hydrogen) atoms. The van der Waals surface area contributed by atoms with Gasteiger partial charge in [0.2, 0.25) is 0 Å². The lowest BCUT2D eigenvalue weighted by Gasteiger charge is -2.38. The van der Waals surface area contributed by atoms with Crippen LogP contribution in [0.4, 0.5) is 0 Å². The second-order valence-electron chi connectivity index (χ2n) is 36.6.